The van der Waals surface area contributed by atoms with Crippen LogP contribution in [0.3, 0.4) is 0 Å². The van der Waals surface area contributed by atoms with Crippen molar-refractivity contribution in [1.29, 1.82) is 0 Å². The van der Waals surface area contributed by atoms with E-state index in [1.54, 1.807) is 24.8 Å². The fourth-order valence-electron chi connectivity index (χ4n) is 3.21. The summed E-state index contributed by atoms with van der Waals surface area (Å²) in [5, 5.41) is 8.84. The van der Waals surface area contributed by atoms with Crippen molar-refractivity contribution in [2.45, 2.75) is 6.54 Å². The molecule has 0 unspecified atom stereocenters. The molecule has 140 valence electrons. The summed E-state index contributed by atoms with van der Waals surface area (Å²) in [4.78, 5) is 8.11. The number of aromatic nitrogens is 5. The number of pyridine rings is 2. The number of benzene rings is 1. The lowest BCUT2D eigenvalue weighted by Crippen LogP contribution is -1.99. The van der Waals surface area contributed by atoms with Gasteiger partial charge in [0.2, 0.25) is 0 Å². The van der Waals surface area contributed by atoms with Gasteiger partial charge in [-0.3, -0.25) is 14.6 Å². The maximum Gasteiger partial charge on any atom is 0.158 e. The van der Waals surface area contributed by atoms with Crippen LogP contribution in [0, 0.1) is 0 Å². The standard InChI is InChI=1S/C23H17N5O/c1-2-19(17-4-9-24-10-5-17)14-20(3-1)22-8-13-28(26-22)16-21-15-23(27-29-21)18-6-11-25-12-7-18/h1-15H,16H2. The van der Waals surface area contributed by atoms with Crippen LogP contribution in [0.4, 0.5) is 0 Å². The van der Waals surface area contributed by atoms with Crippen molar-refractivity contribution in [3.63, 3.8) is 0 Å². The molecule has 0 saturated heterocycles. The highest BCUT2D eigenvalue weighted by molar-refractivity contribution is 5.71. The minimum Gasteiger partial charge on any atom is -0.359 e. The molecule has 0 saturated carbocycles. The minimum absolute atomic E-state index is 0.516. The first-order valence-electron chi connectivity index (χ1n) is 9.25. The highest BCUT2D eigenvalue weighted by Gasteiger charge is 2.09. The van der Waals surface area contributed by atoms with E-state index < -0.39 is 0 Å². The highest BCUT2D eigenvalue weighted by Crippen LogP contribution is 2.25. The number of nitrogens with zero attached hydrogens (tertiary/aromatic N) is 5. The average Bonchev–Trinajstić information content (AvgIpc) is 3.45. The van der Waals surface area contributed by atoms with Gasteiger partial charge in [0, 0.05) is 48.2 Å². The summed E-state index contributed by atoms with van der Waals surface area (Å²) in [6.07, 6.45) is 9.03. The molecule has 0 spiro atoms. The number of rotatable bonds is 5. The molecule has 4 heterocycles. The Morgan fingerprint density at radius 1 is 0.690 bits per heavy atom. The summed E-state index contributed by atoms with van der Waals surface area (Å²) in [5.41, 5.74) is 6.01. The van der Waals surface area contributed by atoms with Crippen molar-refractivity contribution < 1.29 is 4.52 Å². The Kier molecular flexibility index (Phi) is 4.42. The van der Waals surface area contributed by atoms with Crippen molar-refractivity contribution in [1.82, 2.24) is 24.9 Å². The van der Waals surface area contributed by atoms with Crippen molar-refractivity contribution in [2.75, 3.05) is 0 Å². The third-order valence-electron chi connectivity index (χ3n) is 4.67. The van der Waals surface area contributed by atoms with E-state index >= 15 is 0 Å². The zero-order valence-corrected chi connectivity index (χ0v) is 15.5. The van der Waals surface area contributed by atoms with Gasteiger partial charge in [0.25, 0.3) is 0 Å². The number of hydrogen-bond donors (Lipinski definition) is 0. The second-order valence-corrected chi connectivity index (χ2v) is 6.63. The van der Waals surface area contributed by atoms with E-state index in [1.807, 2.05) is 53.3 Å². The van der Waals surface area contributed by atoms with Gasteiger partial charge in [-0.15, -0.1) is 0 Å². The fraction of sp³-hybridized carbons (Fsp3) is 0.0435. The molecule has 0 aliphatic rings. The molecule has 4 aromatic heterocycles. The van der Waals surface area contributed by atoms with Gasteiger partial charge in [0.05, 0.1) is 5.69 Å². The Hall–Kier alpha value is -4.06. The van der Waals surface area contributed by atoms with Gasteiger partial charge in [-0.05, 0) is 47.5 Å². The quantitative estimate of drug-likeness (QED) is 0.442. The summed E-state index contributed by atoms with van der Waals surface area (Å²) in [5.74, 6) is 0.747. The molecule has 0 atom stereocenters. The Balaban J connectivity index is 1.36. The Bertz CT molecular complexity index is 1230. The molecule has 5 rings (SSSR count). The van der Waals surface area contributed by atoms with Gasteiger partial charge in [-0.25, -0.2) is 0 Å². The molecular formula is C23H17N5O. The van der Waals surface area contributed by atoms with Crippen LogP contribution in [0.25, 0.3) is 33.6 Å². The third-order valence-corrected chi connectivity index (χ3v) is 4.67. The first-order chi connectivity index (χ1) is 14.3. The Labute approximate surface area is 167 Å². The van der Waals surface area contributed by atoms with E-state index in [0.717, 1.165) is 39.4 Å². The topological polar surface area (TPSA) is 69.6 Å². The molecule has 0 aliphatic carbocycles. The van der Waals surface area contributed by atoms with Crippen LogP contribution in [0.2, 0.25) is 0 Å². The minimum atomic E-state index is 0.516. The monoisotopic (exact) mass is 379 g/mol. The molecule has 0 amide bonds. The lowest BCUT2D eigenvalue weighted by molar-refractivity contribution is 0.373. The molecule has 0 radical (unpaired) electrons. The van der Waals surface area contributed by atoms with Gasteiger partial charge in [-0.1, -0.05) is 23.4 Å². The van der Waals surface area contributed by atoms with Gasteiger partial charge in [-0.2, -0.15) is 5.10 Å². The molecule has 0 aliphatic heterocycles. The molecule has 6 nitrogen and oxygen atoms in total. The van der Waals surface area contributed by atoms with E-state index in [0.29, 0.717) is 6.54 Å². The van der Waals surface area contributed by atoms with Crippen LogP contribution in [-0.2, 0) is 6.54 Å². The van der Waals surface area contributed by atoms with Crippen LogP contribution in [-0.4, -0.2) is 24.9 Å². The highest BCUT2D eigenvalue weighted by atomic mass is 16.5. The fourth-order valence-corrected chi connectivity index (χ4v) is 3.21. The van der Waals surface area contributed by atoms with Gasteiger partial charge < -0.3 is 4.52 Å². The van der Waals surface area contributed by atoms with Crippen molar-refractivity contribution >= 4 is 0 Å². The van der Waals surface area contributed by atoms with E-state index in [1.165, 1.54) is 0 Å². The first kappa shape index (κ1) is 17.1. The predicted octanol–water partition coefficient (Wildman–Crippen LogP) is 4.71. The van der Waals surface area contributed by atoms with Crippen molar-refractivity contribution in [3.8, 4) is 33.6 Å². The predicted molar refractivity (Wildman–Crippen MR) is 110 cm³/mol. The van der Waals surface area contributed by atoms with Crippen molar-refractivity contribution in [2.24, 2.45) is 0 Å². The van der Waals surface area contributed by atoms with E-state index in [-0.39, 0.29) is 0 Å². The Morgan fingerprint density at radius 2 is 1.41 bits per heavy atom. The van der Waals surface area contributed by atoms with Crippen LogP contribution < -0.4 is 0 Å². The summed E-state index contributed by atoms with van der Waals surface area (Å²) >= 11 is 0. The molecule has 0 N–H and O–H groups in total. The maximum atomic E-state index is 5.48. The molecule has 1 aromatic carbocycles. The van der Waals surface area contributed by atoms with E-state index in [9.17, 15) is 0 Å². The van der Waals surface area contributed by atoms with E-state index in [2.05, 4.69) is 33.3 Å². The van der Waals surface area contributed by atoms with Crippen molar-refractivity contribution in [3.05, 3.63) is 97.4 Å². The molecular weight excluding hydrogens is 362 g/mol. The SMILES string of the molecule is c1cc(-c2ccncc2)cc(-c2ccn(Cc3cc(-c4ccncc4)no3)n2)c1. The van der Waals surface area contributed by atoms with Gasteiger partial charge in [0.1, 0.15) is 12.2 Å². The summed E-state index contributed by atoms with van der Waals surface area (Å²) in [6.45, 7) is 0.516. The lowest BCUT2D eigenvalue weighted by Gasteiger charge is -2.03. The average molecular weight is 379 g/mol. The molecule has 29 heavy (non-hydrogen) atoms. The van der Waals surface area contributed by atoms with Crippen LogP contribution in [0.1, 0.15) is 5.76 Å². The van der Waals surface area contributed by atoms with Gasteiger partial charge >= 0.3 is 0 Å². The summed E-state index contributed by atoms with van der Waals surface area (Å²) in [6, 6.07) is 20.1. The zero-order valence-electron chi connectivity index (χ0n) is 15.5. The first-order valence-corrected chi connectivity index (χ1v) is 9.25. The molecule has 5 aromatic rings. The lowest BCUT2D eigenvalue weighted by atomic mass is 10.0. The molecule has 6 heteroatoms. The summed E-state index contributed by atoms with van der Waals surface area (Å²) in [7, 11) is 0. The normalized spacial score (nSPS) is 10.9. The third kappa shape index (κ3) is 3.68. The summed E-state index contributed by atoms with van der Waals surface area (Å²) < 4.78 is 7.33. The van der Waals surface area contributed by atoms with Crippen LogP contribution >= 0.6 is 0 Å². The van der Waals surface area contributed by atoms with E-state index in [4.69, 9.17) is 9.62 Å². The Morgan fingerprint density at radius 3 is 2.21 bits per heavy atom. The maximum absolute atomic E-state index is 5.48. The number of hydrogen-bond acceptors (Lipinski definition) is 5. The smallest absolute Gasteiger partial charge is 0.158 e. The second-order valence-electron chi connectivity index (χ2n) is 6.63. The largest absolute Gasteiger partial charge is 0.359 e. The van der Waals surface area contributed by atoms with Crippen LogP contribution in [0.15, 0.2) is 96.2 Å². The zero-order chi connectivity index (χ0) is 19.5. The van der Waals surface area contributed by atoms with Crippen LogP contribution in [0.5, 0.6) is 0 Å². The second kappa shape index (κ2) is 7.52. The molecule has 0 bridgehead atoms. The molecule has 0 fully saturated rings. The van der Waals surface area contributed by atoms with Gasteiger partial charge in [0.15, 0.2) is 5.76 Å².